The molecular weight excluding hydrogens is 364 g/mol. The average Bonchev–Trinajstić information content (AvgIpc) is 2.53. The number of esters is 1. The minimum absolute atomic E-state index is 0.250. The normalized spacial score (nSPS) is 12.8. The van der Waals surface area contributed by atoms with Crippen LogP contribution in [0.15, 0.2) is 30.3 Å². The van der Waals surface area contributed by atoms with E-state index in [9.17, 15) is 4.79 Å². The number of anilines is 1. The lowest BCUT2D eigenvalue weighted by atomic mass is 9.81. The van der Waals surface area contributed by atoms with Gasteiger partial charge in [-0.15, -0.1) is 0 Å². The molecule has 1 aromatic carbocycles. The third-order valence-electron chi connectivity index (χ3n) is 4.15. The zero-order chi connectivity index (χ0) is 20.0. The standard InChI is InChI=1S/C20H28N2O2S2/c1-15(23)24-17(14-19(2,3)12-13-21)20(4,5)26-18(25)22(6)16-10-8-7-9-11-16/h7-11,17H,12,14H2,1-6H3. The number of benzene rings is 1. The maximum absolute atomic E-state index is 11.6. The van der Waals surface area contributed by atoms with Crippen molar-refractivity contribution in [2.45, 2.75) is 58.3 Å². The summed E-state index contributed by atoms with van der Waals surface area (Å²) in [5.74, 6) is -0.321. The molecule has 0 spiro atoms. The summed E-state index contributed by atoms with van der Waals surface area (Å²) in [5, 5.41) is 9.05. The largest absolute Gasteiger partial charge is 0.461 e. The van der Waals surface area contributed by atoms with Gasteiger partial charge in [0.05, 0.1) is 10.8 Å². The zero-order valence-corrected chi connectivity index (χ0v) is 18.0. The maximum atomic E-state index is 11.6. The van der Waals surface area contributed by atoms with Gasteiger partial charge in [0, 0.05) is 26.1 Å². The van der Waals surface area contributed by atoms with Gasteiger partial charge < -0.3 is 9.64 Å². The lowest BCUT2D eigenvalue weighted by molar-refractivity contribution is -0.149. The van der Waals surface area contributed by atoms with E-state index < -0.39 is 4.75 Å². The van der Waals surface area contributed by atoms with Crippen LogP contribution in [0.2, 0.25) is 0 Å². The Morgan fingerprint density at radius 2 is 1.88 bits per heavy atom. The molecule has 0 N–H and O–H groups in total. The Morgan fingerprint density at radius 1 is 1.31 bits per heavy atom. The summed E-state index contributed by atoms with van der Waals surface area (Å²) in [5.41, 5.74) is 0.759. The van der Waals surface area contributed by atoms with Gasteiger partial charge in [-0.1, -0.05) is 56.0 Å². The Kier molecular flexibility index (Phi) is 8.11. The topological polar surface area (TPSA) is 53.3 Å². The van der Waals surface area contributed by atoms with E-state index in [4.69, 9.17) is 22.2 Å². The van der Waals surface area contributed by atoms with Crippen molar-refractivity contribution in [3.05, 3.63) is 30.3 Å². The zero-order valence-electron chi connectivity index (χ0n) is 16.4. The first kappa shape index (κ1) is 22.5. The van der Waals surface area contributed by atoms with Crippen LogP contribution in [0.5, 0.6) is 0 Å². The van der Waals surface area contributed by atoms with Crippen LogP contribution in [-0.2, 0) is 9.53 Å². The van der Waals surface area contributed by atoms with Gasteiger partial charge in [-0.2, -0.15) is 5.26 Å². The molecule has 26 heavy (non-hydrogen) atoms. The molecule has 1 atom stereocenters. The fourth-order valence-corrected chi connectivity index (χ4v) is 4.24. The summed E-state index contributed by atoms with van der Waals surface area (Å²) in [7, 11) is 1.93. The second-order valence-corrected chi connectivity index (χ2v) is 9.96. The van der Waals surface area contributed by atoms with E-state index in [0.29, 0.717) is 17.2 Å². The van der Waals surface area contributed by atoms with Gasteiger partial charge in [-0.3, -0.25) is 4.79 Å². The van der Waals surface area contributed by atoms with Crippen LogP contribution in [0, 0.1) is 16.7 Å². The van der Waals surface area contributed by atoms with Crippen molar-refractivity contribution in [3.63, 3.8) is 0 Å². The molecule has 142 valence electrons. The molecule has 4 nitrogen and oxygen atoms in total. The van der Waals surface area contributed by atoms with Gasteiger partial charge in [0.25, 0.3) is 0 Å². The lowest BCUT2D eigenvalue weighted by Crippen LogP contribution is -2.42. The molecule has 0 aliphatic heterocycles. The van der Waals surface area contributed by atoms with Crippen molar-refractivity contribution in [1.29, 1.82) is 5.26 Å². The van der Waals surface area contributed by atoms with E-state index in [0.717, 1.165) is 5.69 Å². The van der Waals surface area contributed by atoms with E-state index in [1.807, 2.05) is 70.0 Å². The molecule has 1 aromatic rings. The Bertz CT molecular complexity index is 666. The van der Waals surface area contributed by atoms with Crippen LogP contribution in [0.3, 0.4) is 0 Å². The molecule has 0 saturated carbocycles. The molecule has 6 heteroatoms. The Labute approximate surface area is 166 Å². The van der Waals surface area contributed by atoms with Gasteiger partial charge in [-0.25, -0.2) is 0 Å². The maximum Gasteiger partial charge on any atom is 0.302 e. The molecule has 0 bridgehead atoms. The fraction of sp³-hybridized carbons (Fsp3) is 0.550. The molecule has 0 radical (unpaired) electrons. The predicted octanol–water partition coefficient (Wildman–Crippen LogP) is 5.18. The molecular formula is C20H28N2O2S2. The first-order valence-corrected chi connectivity index (χ1v) is 9.77. The lowest BCUT2D eigenvalue weighted by Gasteiger charge is -2.38. The summed E-state index contributed by atoms with van der Waals surface area (Å²) in [6.45, 7) is 9.50. The number of carbonyl (C=O) groups excluding carboxylic acids is 1. The minimum Gasteiger partial charge on any atom is -0.461 e. The molecule has 1 rings (SSSR count). The number of hydrogen-bond acceptors (Lipinski definition) is 5. The van der Waals surface area contributed by atoms with E-state index in [-0.39, 0.29) is 17.5 Å². The third kappa shape index (κ3) is 6.97. The summed E-state index contributed by atoms with van der Waals surface area (Å²) in [6.07, 6.45) is 0.646. The van der Waals surface area contributed by atoms with Gasteiger partial charge in [-0.05, 0) is 37.8 Å². The third-order valence-corrected chi connectivity index (χ3v) is 5.91. The fourth-order valence-electron chi connectivity index (χ4n) is 2.53. The second-order valence-electron chi connectivity index (χ2n) is 7.67. The molecule has 0 aliphatic rings. The number of rotatable bonds is 7. The van der Waals surface area contributed by atoms with Crippen molar-refractivity contribution >= 4 is 40.0 Å². The Morgan fingerprint density at radius 3 is 2.38 bits per heavy atom. The SMILES string of the molecule is CC(=O)OC(CC(C)(C)CC#N)C(C)(C)SC(=S)N(C)c1ccccc1. The summed E-state index contributed by atoms with van der Waals surface area (Å²) in [4.78, 5) is 13.6. The van der Waals surface area contributed by atoms with E-state index in [1.165, 1.54) is 18.7 Å². The number of para-hydroxylation sites is 1. The van der Waals surface area contributed by atoms with Crippen LogP contribution in [-0.4, -0.2) is 28.2 Å². The number of ether oxygens (including phenoxy) is 1. The average molecular weight is 393 g/mol. The second kappa shape index (κ2) is 9.38. The highest BCUT2D eigenvalue weighted by atomic mass is 32.2. The molecule has 1 unspecified atom stereocenters. The Balaban J connectivity index is 2.95. The first-order valence-electron chi connectivity index (χ1n) is 8.54. The minimum atomic E-state index is -0.432. The molecule has 0 aliphatic carbocycles. The molecule has 0 saturated heterocycles. The summed E-state index contributed by atoms with van der Waals surface area (Å²) < 4.78 is 5.91. The molecule has 0 amide bonds. The predicted molar refractivity (Wildman–Crippen MR) is 113 cm³/mol. The highest BCUT2D eigenvalue weighted by Crippen LogP contribution is 2.39. The van der Waals surface area contributed by atoms with Crippen molar-refractivity contribution in [3.8, 4) is 6.07 Å². The van der Waals surface area contributed by atoms with E-state index in [1.54, 1.807) is 0 Å². The number of thioether (sulfide) groups is 1. The monoisotopic (exact) mass is 392 g/mol. The van der Waals surface area contributed by atoms with Gasteiger partial charge in [0.15, 0.2) is 0 Å². The van der Waals surface area contributed by atoms with Crippen molar-refractivity contribution in [2.75, 3.05) is 11.9 Å². The van der Waals surface area contributed by atoms with Crippen LogP contribution >= 0.6 is 24.0 Å². The summed E-state index contributed by atoms with van der Waals surface area (Å²) >= 11 is 7.14. The number of nitrogens with zero attached hydrogens (tertiary/aromatic N) is 2. The molecule has 0 aromatic heterocycles. The number of thiocarbonyl (C=S) groups is 1. The Hall–Kier alpha value is -1.58. The number of carbonyl (C=O) groups is 1. The van der Waals surface area contributed by atoms with Crippen LogP contribution in [0.4, 0.5) is 5.69 Å². The van der Waals surface area contributed by atoms with Crippen LogP contribution in [0.1, 0.15) is 47.5 Å². The highest BCUT2D eigenvalue weighted by molar-refractivity contribution is 8.24. The number of hydrogen-bond donors (Lipinski definition) is 0. The van der Waals surface area contributed by atoms with Crippen molar-refractivity contribution in [2.24, 2.45) is 5.41 Å². The van der Waals surface area contributed by atoms with Crippen molar-refractivity contribution < 1.29 is 9.53 Å². The van der Waals surface area contributed by atoms with E-state index in [2.05, 4.69) is 6.07 Å². The highest BCUT2D eigenvalue weighted by Gasteiger charge is 2.38. The van der Waals surface area contributed by atoms with Gasteiger partial charge in [0.1, 0.15) is 10.4 Å². The quantitative estimate of drug-likeness (QED) is 0.471. The van der Waals surface area contributed by atoms with Gasteiger partial charge in [0.2, 0.25) is 0 Å². The van der Waals surface area contributed by atoms with Crippen molar-refractivity contribution in [1.82, 2.24) is 0 Å². The van der Waals surface area contributed by atoms with E-state index >= 15 is 0 Å². The number of nitriles is 1. The van der Waals surface area contributed by atoms with Crippen LogP contribution in [0.25, 0.3) is 0 Å². The summed E-state index contributed by atoms with van der Waals surface area (Å²) in [6, 6.07) is 12.1. The molecule has 0 fully saturated rings. The van der Waals surface area contributed by atoms with Gasteiger partial charge >= 0.3 is 5.97 Å². The van der Waals surface area contributed by atoms with Crippen LogP contribution < -0.4 is 4.90 Å². The molecule has 0 heterocycles. The smallest absolute Gasteiger partial charge is 0.302 e. The first-order chi connectivity index (χ1) is 12.0.